The molecule has 0 aliphatic carbocycles. The van der Waals surface area contributed by atoms with Gasteiger partial charge in [0.1, 0.15) is 17.2 Å². The van der Waals surface area contributed by atoms with Gasteiger partial charge >= 0.3 is 0 Å². The average Bonchev–Trinajstić information content (AvgIpc) is 2.44. The van der Waals surface area contributed by atoms with Crippen LogP contribution in [-0.4, -0.2) is 30.6 Å². The number of aliphatic hydroxyl groups excluding tert-OH is 1. The number of phenols is 4. The van der Waals surface area contributed by atoms with E-state index in [1.165, 1.54) is 6.07 Å². The first kappa shape index (κ1) is 13.9. The summed E-state index contributed by atoms with van der Waals surface area (Å²) in [5.74, 6) is -4.57. The molecule has 0 radical (unpaired) electrons. The Morgan fingerprint density at radius 3 is 2.23 bits per heavy atom. The maximum absolute atomic E-state index is 10.6. The molecule has 6 N–H and O–H groups in total. The van der Waals surface area contributed by atoms with Crippen LogP contribution in [0.4, 0.5) is 0 Å². The summed E-state index contributed by atoms with van der Waals surface area (Å²) in [5.41, 5.74) is 0.0352. The lowest BCUT2D eigenvalue weighted by molar-refractivity contribution is -0.139. The summed E-state index contributed by atoms with van der Waals surface area (Å²) in [5, 5.41) is 58.6. The van der Waals surface area contributed by atoms with E-state index in [4.69, 9.17) is 4.74 Å². The molecule has 0 fully saturated rings. The fraction of sp³-hybridized carbons (Fsp3) is 0.0667. The van der Waals surface area contributed by atoms with Gasteiger partial charge in [0.2, 0.25) is 0 Å². The molecule has 1 aliphatic heterocycles. The minimum absolute atomic E-state index is 0.0509. The molecule has 1 atom stereocenters. The Kier molecular flexibility index (Phi) is 2.82. The van der Waals surface area contributed by atoms with Crippen molar-refractivity contribution in [1.29, 1.82) is 0 Å². The van der Waals surface area contributed by atoms with Crippen LogP contribution in [0.5, 0.6) is 28.7 Å². The third-order valence-electron chi connectivity index (χ3n) is 3.36. The number of aliphatic hydroxyl groups is 2. The molecule has 0 saturated heterocycles. The topological polar surface area (TPSA) is 131 Å². The van der Waals surface area contributed by atoms with E-state index >= 15 is 0 Å². The summed E-state index contributed by atoms with van der Waals surface area (Å²) in [6.45, 7) is 0. The van der Waals surface area contributed by atoms with Gasteiger partial charge < -0.3 is 35.4 Å². The van der Waals surface area contributed by atoms with E-state index in [1.54, 1.807) is 0 Å². The van der Waals surface area contributed by atoms with Gasteiger partial charge in [0.25, 0.3) is 5.79 Å². The predicted octanol–water partition coefficient (Wildman–Crippen LogP) is 1.65. The summed E-state index contributed by atoms with van der Waals surface area (Å²) in [4.78, 5) is 0. The highest BCUT2D eigenvalue weighted by molar-refractivity contribution is 5.70. The fourth-order valence-corrected chi connectivity index (χ4v) is 2.21. The van der Waals surface area contributed by atoms with E-state index in [1.807, 2.05) is 0 Å². The first-order chi connectivity index (χ1) is 10.3. The lowest BCUT2D eigenvalue weighted by Gasteiger charge is -2.32. The van der Waals surface area contributed by atoms with Crippen molar-refractivity contribution in [2.45, 2.75) is 5.79 Å². The van der Waals surface area contributed by atoms with Crippen molar-refractivity contribution < 1.29 is 35.4 Å². The van der Waals surface area contributed by atoms with Crippen molar-refractivity contribution in [1.82, 2.24) is 0 Å². The van der Waals surface area contributed by atoms with Crippen molar-refractivity contribution >= 4 is 6.08 Å². The first-order valence-electron chi connectivity index (χ1n) is 6.22. The van der Waals surface area contributed by atoms with Crippen molar-refractivity contribution in [2.24, 2.45) is 0 Å². The molecule has 3 rings (SSSR count). The minimum atomic E-state index is -2.33. The Bertz CT molecular complexity index is 797. The van der Waals surface area contributed by atoms with E-state index in [-0.39, 0.29) is 28.4 Å². The molecule has 0 spiro atoms. The summed E-state index contributed by atoms with van der Waals surface area (Å²) in [7, 11) is 0. The third kappa shape index (κ3) is 1.95. The summed E-state index contributed by atoms with van der Waals surface area (Å²) in [6.07, 6.45) is 1.08. The van der Waals surface area contributed by atoms with Crippen molar-refractivity contribution in [3.8, 4) is 28.7 Å². The molecule has 7 nitrogen and oxygen atoms in total. The van der Waals surface area contributed by atoms with E-state index in [9.17, 15) is 30.6 Å². The molecule has 7 heteroatoms. The van der Waals surface area contributed by atoms with Crippen LogP contribution in [0.3, 0.4) is 0 Å². The lowest BCUT2D eigenvalue weighted by Crippen LogP contribution is -2.37. The van der Waals surface area contributed by atoms with Crippen LogP contribution in [0.1, 0.15) is 11.1 Å². The Morgan fingerprint density at radius 1 is 0.818 bits per heavy atom. The molecule has 0 amide bonds. The summed E-state index contributed by atoms with van der Waals surface area (Å²) in [6, 6.07) is 5.60. The number of rotatable bonds is 1. The largest absolute Gasteiger partial charge is 0.508 e. The number of aromatic hydroxyl groups is 4. The van der Waals surface area contributed by atoms with Crippen molar-refractivity contribution in [3.63, 3.8) is 0 Å². The number of hydrogen-bond acceptors (Lipinski definition) is 7. The zero-order valence-electron chi connectivity index (χ0n) is 11.1. The van der Waals surface area contributed by atoms with Gasteiger partial charge in [0.05, 0.1) is 5.56 Å². The zero-order chi connectivity index (χ0) is 16.1. The minimum Gasteiger partial charge on any atom is -0.508 e. The Balaban J connectivity index is 2.15. The molecule has 1 heterocycles. The first-order valence-corrected chi connectivity index (χ1v) is 6.22. The Morgan fingerprint density at radius 2 is 1.55 bits per heavy atom. The van der Waals surface area contributed by atoms with Crippen LogP contribution in [0.15, 0.2) is 36.1 Å². The molecule has 1 unspecified atom stereocenters. The zero-order valence-corrected chi connectivity index (χ0v) is 11.1. The second kappa shape index (κ2) is 4.47. The molecule has 0 bridgehead atoms. The van der Waals surface area contributed by atoms with E-state index in [0.29, 0.717) is 0 Å². The lowest BCUT2D eigenvalue weighted by atomic mass is 9.98. The second-order valence-electron chi connectivity index (χ2n) is 4.86. The highest BCUT2D eigenvalue weighted by Crippen LogP contribution is 2.45. The number of benzene rings is 2. The van der Waals surface area contributed by atoms with E-state index in [0.717, 1.165) is 30.3 Å². The third-order valence-corrected chi connectivity index (χ3v) is 3.36. The SMILES string of the molecule is OC1=Cc2c(O)cc(O)cc2OC1(O)c1ccc(O)c(O)c1. The fourth-order valence-electron chi connectivity index (χ4n) is 2.21. The van der Waals surface area contributed by atoms with Crippen LogP contribution in [0.25, 0.3) is 6.08 Å². The van der Waals surface area contributed by atoms with Crippen LogP contribution in [0.2, 0.25) is 0 Å². The van der Waals surface area contributed by atoms with Crippen LogP contribution < -0.4 is 4.74 Å². The average molecular weight is 304 g/mol. The number of phenolic OH excluding ortho intramolecular Hbond substituents is 4. The van der Waals surface area contributed by atoms with Gasteiger partial charge in [-0.05, 0) is 24.3 Å². The van der Waals surface area contributed by atoms with Gasteiger partial charge in [-0.1, -0.05) is 0 Å². The van der Waals surface area contributed by atoms with E-state index in [2.05, 4.69) is 0 Å². The van der Waals surface area contributed by atoms with Gasteiger partial charge in [-0.3, -0.25) is 0 Å². The normalized spacial score (nSPS) is 20.0. The number of hydrogen-bond donors (Lipinski definition) is 6. The highest BCUT2D eigenvalue weighted by atomic mass is 16.6. The smallest absolute Gasteiger partial charge is 0.294 e. The Hall–Kier alpha value is -3.06. The maximum atomic E-state index is 10.6. The van der Waals surface area contributed by atoms with Gasteiger partial charge in [0.15, 0.2) is 17.3 Å². The van der Waals surface area contributed by atoms with Crippen molar-refractivity contribution in [3.05, 3.63) is 47.2 Å². The molecule has 0 saturated carbocycles. The highest BCUT2D eigenvalue weighted by Gasteiger charge is 2.41. The summed E-state index contributed by atoms with van der Waals surface area (Å²) < 4.78 is 5.30. The monoisotopic (exact) mass is 304 g/mol. The van der Waals surface area contributed by atoms with E-state index < -0.39 is 23.0 Å². The van der Waals surface area contributed by atoms with Crippen LogP contribution in [0, 0.1) is 0 Å². The molecule has 22 heavy (non-hydrogen) atoms. The molecule has 0 aromatic heterocycles. The second-order valence-corrected chi connectivity index (χ2v) is 4.86. The molecule has 1 aliphatic rings. The standard InChI is InChI=1S/C15H12O7/c16-8-4-11(18)9-6-14(20)15(21,22-13(9)5-8)7-1-2-10(17)12(19)3-7/h1-6,16-21H. The maximum Gasteiger partial charge on any atom is 0.294 e. The van der Waals surface area contributed by atoms with Crippen LogP contribution >= 0.6 is 0 Å². The molecule has 2 aromatic rings. The van der Waals surface area contributed by atoms with Gasteiger partial charge in [-0.2, -0.15) is 0 Å². The molecule has 114 valence electrons. The molecular formula is C15H12O7. The molecular weight excluding hydrogens is 292 g/mol. The van der Waals surface area contributed by atoms with Gasteiger partial charge in [-0.25, -0.2) is 0 Å². The van der Waals surface area contributed by atoms with Gasteiger partial charge in [0, 0.05) is 17.7 Å². The Labute approximate surface area is 124 Å². The summed E-state index contributed by atoms with van der Waals surface area (Å²) >= 11 is 0. The van der Waals surface area contributed by atoms with Crippen LogP contribution in [-0.2, 0) is 5.79 Å². The van der Waals surface area contributed by atoms with Gasteiger partial charge in [-0.15, -0.1) is 0 Å². The number of ether oxygens (including phenoxy) is 1. The predicted molar refractivity (Wildman–Crippen MR) is 74.7 cm³/mol. The molecule has 2 aromatic carbocycles. The number of fused-ring (bicyclic) bond motifs is 1. The van der Waals surface area contributed by atoms with Crippen molar-refractivity contribution in [2.75, 3.05) is 0 Å². The quantitative estimate of drug-likeness (QED) is 0.442.